The van der Waals surface area contributed by atoms with Gasteiger partial charge in [0.15, 0.2) is 0 Å². The lowest BCUT2D eigenvalue weighted by Crippen LogP contribution is -2.37. The Morgan fingerprint density at radius 3 is 2.33 bits per heavy atom. The number of ether oxygens (including phenoxy) is 2. The molecule has 1 aromatic heterocycles. The summed E-state index contributed by atoms with van der Waals surface area (Å²) >= 11 is 0. The highest BCUT2D eigenvalue weighted by Gasteiger charge is 2.17. The van der Waals surface area contributed by atoms with Crippen molar-refractivity contribution in [3.8, 4) is 0 Å². The van der Waals surface area contributed by atoms with Crippen molar-refractivity contribution in [1.82, 2.24) is 14.9 Å². The van der Waals surface area contributed by atoms with Crippen LogP contribution in [-0.2, 0) is 9.47 Å². The molecule has 0 aliphatic rings. The predicted octanol–water partition coefficient (Wildman–Crippen LogP) is 1.03. The molecule has 0 bridgehead atoms. The van der Waals surface area contributed by atoms with E-state index >= 15 is 0 Å². The van der Waals surface area contributed by atoms with Gasteiger partial charge in [-0.2, -0.15) is 0 Å². The molecule has 0 atom stereocenters. The number of carbonyl (C=O) groups is 1. The molecule has 0 saturated carbocycles. The fourth-order valence-electron chi connectivity index (χ4n) is 1.66. The van der Waals surface area contributed by atoms with Gasteiger partial charge >= 0.3 is 0 Å². The van der Waals surface area contributed by atoms with Crippen LogP contribution in [0.25, 0.3) is 0 Å². The molecule has 0 radical (unpaired) electrons. The van der Waals surface area contributed by atoms with E-state index < -0.39 is 0 Å². The SMILES string of the molecule is CCCNc1cnc(C(=O)N(CCOC)CCOC)cn1. The fourth-order valence-corrected chi connectivity index (χ4v) is 1.66. The molecular weight excluding hydrogens is 272 g/mol. The summed E-state index contributed by atoms with van der Waals surface area (Å²) in [5, 5.41) is 3.12. The number of hydrogen-bond donors (Lipinski definition) is 1. The third-order valence-electron chi connectivity index (χ3n) is 2.84. The molecule has 7 nitrogen and oxygen atoms in total. The highest BCUT2D eigenvalue weighted by atomic mass is 16.5. The molecule has 0 aromatic carbocycles. The Bertz CT molecular complexity index is 403. The molecule has 1 heterocycles. The Hall–Kier alpha value is -1.73. The Kier molecular flexibility index (Phi) is 8.30. The lowest BCUT2D eigenvalue weighted by molar-refractivity contribution is 0.0621. The average Bonchev–Trinajstić information content (AvgIpc) is 2.53. The lowest BCUT2D eigenvalue weighted by Gasteiger charge is -2.21. The molecule has 118 valence electrons. The first kappa shape index (κ1) is 17.3. The number of carbonyl (C=O) groups excluding carboxylic acids is 1. The van der Waals surface area contributed by atoms with Gasteiger partial charge in [-0.1, -0.05) is 6.92 Å². The number of rotatable bonds is 10. The van der Waals surface area contributed by atoms with E-state index in [0.717, 1.165) is 13.0 Å². The maximum absolute atomic E-state index is 12.4. The van der Waals surface area contributed by atoms with E-state index in [2.05, 4.69) is 22.2 Å². The first-order valence-electron chi connectivity index (χ1n) is 7.06. The van der Waals surface area contributed by atoms with Crippen molar-refractivity contribution in [2.45, 2.75) is 13.3 Å². The Morgan fingerprint density at radius 2 is 1.86 bits per heavy atom. The second-order valence-corrected chi connectivity index (χ2v) is 4.49. The van der Waals surface area contributed by atoms with Gasteiger partial charge in [-0.05, 0) is 6.42 Å². The summed E-state index contributed by atoms with van der Waals surface area (Å²) in [6.45, 7) is 4.84. The quantitative estimate of drug-likeness (QED) is 0.695. The smallest absolute Gasteiger partial charge is 0.274 e. The highest BCUT2D eigenvalue weighted by Crippen LogP contribution is 2.05. The first-order chi connectivity index (χ1) is 10.2. The number of nitrogens with zero attached hydrogens (tertiary/aromatic N) is 3. The van der Waals surface area contributed by atoms with Crippen LogP contribution < -0.4 is 5.32 Å². The molecule has 0 saturated heterocycles. The minimum Gasteiger partial charge on any atom is -0.383 e. The summed E-state index contributed by atoms with van der Waals surface area (Å²) in [5.74, 6) is 0.507. The lowest BCUT2D eigenvalue weighted by atomic mass is 10.3. The third kappa shape index (κ3) is 6.05. The van der Waals surface area contributed by atoms with Crippen molar-refractivity contribution < 1.29 is 14.3 Å². The van der Waals surface area contributed by atoms with Gasteiger partial charge < -0.3 is 19.7 Å². The van der Waals surface area contributed by atoms with E-state index in [0.29, 0.717) is 37.8 Å². The first-order valence-corrected chi connectivity index (χ1v) is 7.06. The number of hydrogen-bond acceptors (Lipinski definition) is 6. The van der Waals surface area contributed by atoms with Crippen LogP contribution in [0.4, 0.5) is 5.82 Å². The predicted molar refractivity (Wildman–Crippen MR) is 80.5 cm³/mol. The van der Waals surface area contributed by atoms with E-state index in [4.69, 9.17) is 9.47 Å². The van der Waals surface area contributed by atoms with Gasteiger partial charge in [0.05, 0.1) is 25.6 Å². The number of methoxy groups -OCH3 is 2. The molecule has 1 aromatic rings. The van der Waals surface area contributed by atoms with Crippen molar-refractivity contribution in [2.24, 2.45) is 0 Å². The van der Waals surface area contributed by atoms with Crippen LogP contribution >= 0.6 is 0 Å². The van der Waals surface area contributed by atoms with Crippen LogP contribution in [0.15, 0.2) is 12.4 Å². The molecule has 0 spiro atoms. The fraction of sp³-hybridized carbons (Fsp3) is 0.643. The molecule has 0 aliphatic heterocycles. The summed E-state index contributed by atoms with van der Waals surface area (Å²) in [4.78, 5) is 22.4. The summed E-state index contributed by atoms with van der Waals surface area (Å²) < 4.78 is 10.0. The van der Waals surface area contributed by atoms with Gasteiger partial charge in [0.25, 0.3) is 5.91 Å². The van der Waals surface area contributed by atoms with Crippen molar-refractivity contribution in [3.05, 3.63) is 18.1 Å². The summed E-state index contributed by atoms with van der Waals surface area (Å²) in [6, 6.07) is 0. The van der Waals surface area contributed by atoms with Gasteiger partial charge in [-0.15, -0.1) is 0 Å². The van der Waals surface area contributed by atoms with Crippen LogP contribution in [-0.4, -0.2) is 67.8 Å². The molecule has 1 amide bonds. The summed E-state index contributed by atoms with van der Waals surface area (Å²) in [5.41, 5.74) is 0.323. The van der Waals surface area contributed by atoms with E-state index in [1.54, 1.807) is 25.3 Å². The maximum Gasteiger partial charge on any atom is 0.274 e. The average molecular weight is 296 g/mol. The van der Waals surface area contributed by atoms with Crippen LogP contribution in [0.1, 0.15) is 23.8 Å². The maximum atomic E-state index is 12.4. The zero-order valence-corrected chi connectivity index (χ0v) is 13.0. The van der Waals surface area contributed by atoms with E-state index in [9.17, 15) is 4.79 Å². The van der Waals surface area contributed by atoms with E-state index in [1.165, 1.54) is 6.20 Å². The summed E-state index contributed by atoms with van der Waals surface area (Å²) in [7, 11) is 3.21. The zero-order valence-electron chi connectivity index (χ0n) is 13.0. The Labute approximate surface area is 125 Å². The van der Waals surface area contributed by atoms with Crippen LogP contribution in [0.2, 0.25) is 0 Å². The normalized spacial score (nSPS) is 10.4. The molecule has 7 heteroatoms. The van der Waals surface area contributed by atoms with Crippen LogP contribution in [0.5, 0.6) is 0 Å². The van der Waals surface area contributed by atoms with Gasteiger partial charge in [0.2, 0.25) is 0 Å². The number of amides is 1. The van der Waals surface area contributed by atoms with Crippen molar-refractivity contribution in [1.29, 1.82) is 0 Å². The van der Waals surface area contributed by atoms with Crippen molar-refractivity contribution in [3.63, 3.8) is 0 Å². The third-order valence-corrected chi connectivity index (χ3v) is 2.84. The van der Waals surface area contributed by atoms with Gasteiger partial charge in [-0.3, -0.25) is 4.79 Å². The monoisotopic (exact) mass is 296 g/mol. The Balaban J connectivity index is 2.67. The highest BCUT2D eigenvalue weighted by molar-refractivity contribution is 5.92. The standard InChI is InChI=1S/C14H24N4O3/c1-4-5-15-13-11-16-12(10-17-13)14(19)18(6-8-20-2)7-9-21-3/h10-11H,4-9H2,1-3H3,(H,15,17). The van der Waals surface area contributed by atoms with Gasteiger partial charge in [0.1, 0.15) is 11.5 Å². The van der Waals surface area contributed by atoms with E-state index in [-0.39, 0.29) is 5.91 Å². The molecular formula is C14H24N4O3. The molecule has 1 rings (SSSR count). The van der Waals surface area contributed by atoms with Crippen LogP contribution in [0.3, 0.4) is 0 Å². The molecule has 0 aliphatic carbocycles. The minimum absolute atomic E-state index is 0.168. The number of anilines is 1. The largest absolute Gasteiger partial charge is 0.383 e. The van der Waals surface area contributed by atoms with Gasteiger partial charge in [0, 0.05) is 33.9 Å². The Morgan fingerprint density at radius 1 is 1.19 bits per heavy atom. The number of nitrogens with one attached hydrogen (secondary N) is 1. The van der Waals surface area contributed by atoms with Gasteiger partial charge in [-0.25, -0.2) is 9.97 Å². The number of aromatic nitrogens is 2. The topological polar surface area (TPSA) is 76.6 Å². The molecule has 0 unspecified atom stereocenters. The molecule has 21 heavy (non-hydrogen) atoms. The minimum atomic E-state index is -0.168. The summed E-state index contributed by atoms with van der Waals surface area (Å²) in [6.07, 6.45) is 4.07. The molecule has 0 fully saturated rings. The van der Waals surface area contributed by atoms with E-state index in [1.807, 2.05) is 0 Å². The van der Waals surface area contributed by atoms with Crippen molar-refractivity contribution >= 4 is 11.7 Å². The van der Waals surface area contributed by atoms with Crippen molar-refractivity contribution in [2.75, 3.05) is 52.4 Å². The second-order valence-electron chi connectivity index (χ2n) is 4.49. The second kappa shape index (κ2) is 10.1. The van der Waals surface area contributed by atoms with Crippen LogP contribution in [0, 0.1) is 0 Å². The molecule has 1 N–H and O–H groups in total. The zero-order chi connectivity index (χ0) is 15.5.